The van der Waals surface area contributed by atoms with Crippen LogP contribution >= 0.6 is 0 Å². The molecule has 0 saturated carbocycles. The number of fused-ring (bicyclic) bond motifs is 1. The molecule has 0 fully saturated rings. The largest absolute Gasteiger partial charge is 0.335 e. The first-order chi connectivity index (χ1) is 7.33. The van der Waals surface area contributed by atoms with Crippen LogP contribution in [0, 0.1) is 0 Å². The van der Waals surface area contributed by atoms with Crippen LogP contribution in [0.25, 0.3) is 10.9 Å². The smallest absolute Gasteiger partial charge is 0.326 e. The van der Waals surface area contributed by atoms with Crippen LogP contribution in [0.3, 0.4) is 0 Å². The third kappa shape index (κ3) is 1.83. The van der Waals surface area contributed by atoms with Crippen molar-refractivity contribution in [1.29, 1.82) is 0 Å². The van der Waals surface area contributed by atoms with Crippen molar-refractivity contribution in [2.24, 2.45) is 0 Å². The Labute approximate surface area is 86.5 Å². The molecule has 1 aromatic heterocycles. The quantitative estimate of drug-likeness (QED) is 0.802. The Hall–Kier alpha value is -1.84. The molecule has 0 unspecified atom stereocenters. The van der Waals surface area contributed by atoms with Crippen molar-refractivity contribution < 1.29 is 9.18 Å². The van der Waals surface area contributed by atoms with E-state index in [1.54, 1.807) is 6.20 Å². The first-order valence-corrected chi connectivity index (χ1v) is 4.73. The summed E-state index contributed by atoms with van der Waals surface area (Å²) in [4.78, 5) is 11.6. The molecule has 1 amide bonds. The highest BCUT2D eigenvalue weighted by Gasteiger charge is 2.06. The van der Waals surface area contributed by atoms with Gasteiger partial charge in [-0.2, -0.15) is 0 Å². The molecule has 0 aliphatic heterocycles. The molecule has 0 bridgehead atoms. The van der Waals surface area contributed by atoms with Crippen LogP contribution in [0.2, 0.25) is 0 Å². The lowest BCUT2D eigenvalue weighted by Gasteiger charge is -2.04. The highest BCUT2D eigenvalue weighted by Crippen LogP contribution is 2.14. The van der Waals surface area contributed by atoms with Crippen molar-refractivity contribution in [2.75, 3.05) is 13.2 Å². The minimum Gasteiger partial charge on any atom is -0.335 e. The molecule has 78 valence electrons. The van der Waals surface area contributed by atoms with Gasteiger partial charge in [-0.3, -0.25) is 4.57 Å². The van der Waals surface area contributed by atoms with E-state index in [1.165, 1.54) is 4.57 Å². The van der Waals surface area contributed by atoms with Crippen molar-refractivity contribution in [3.05, 3.63) is 36.5 Å². The third-order valence-corrected chi connectivity index (χ3v) is 2.19. The van der Waals surface area contributed by atoms with E-state index in [0.717, 1.165) is 10.9 Å². The van der Waals surface area contributed by atoms with Gasteiger partial charge in [0.25, 0.3) is 0 Å². The third-order valence-electron chi connectivity index (χ3n) is 2.19. The molecular formula is C11H11FN2O. The van der Waals surface area contributed by atoms with Gasteiger partial charge in [0, 0.05) is 18.1 Å². The number of alkyl halides is 1. The van der Waals surface area contributed by atoms with E-state index in [-0.39, 0.29) is 12.6 Å². The van der Waals surface area contributed by atoms with Gasteiger partial charge in [0.15, 0.2) is 0 Å². The second-order valence-electron chi connectivity index (χ2n) is 3.17. The van der Waals surface area contributed by atoms with Crippen LogP contribution in [-0.4, -0.2) is 23.8 Å². The molecule has 3 nitrogen and oxygen atoms in total. The Morgan fingerprint density at radius 1 is 1.33 bits per heavy atom. The minimum atomic E-state index is -0.551. The summed E-state index contributed by atoms with van der Waals surface area (Å²) in [6.45, 7) is -0.504. The van der Waals surface area contributed by atoms with E-state index < -0.39 is 6.67 Å². The Morgan fingerprint density at radius 2 is 2.13 bits per heavy atom. The average molecular weight is 206 g/mol. The molecule has 4 heteroatoms. The summed E-state index contributed by atoms with van der Waals surface area (Å²) in [6, 6.07) is 9.10. The maximum absolute atomic E-state index is 11.9. The highest BCUT2D eigenvalue weighted by molar-refractivity contribution is 5.91. The van der Waals surface area contributed by atoms with Crippen molar-refractivity contribution in [2.45, 2.75) is 0 Å². The first kappa shape index (κ1) is 9.71. The lowest BCUT2D eigenvalue weighted by atomic mass is 10.2. The molecule has 0 aliphatic carbocycles. The zero-order valence-corrected chi connectivity index (χ0v) is 8.11. The zero-order valence-electron chi connectivity index (χ0n) is 8.11. The number of nitrogens with zero attached hydrogens (tertiary/aromatic N) is 1. The fourth-order valence-corrected chi connectivity index (χ4v) is 1.50. The minimum absolute atomic E-state index is 0.0470. The van der Waals surface area contributed by atoms with Crippen LogP contribution in [0.1, 0.15) is 0 Å². The number of amides is 1. The number of para-hydroxylation sites is 1. The number of aromatic nitrogens is 1. The number of carbonyl (C=O) groups excluding carboxylic acids is 1. The molecule has 15 heavy (non-hydrogen) atoms. The molecule has 0 saturated heterocycles. The maximum Gasteiger partial charge on any atom is 0.326 e. The summed E-state index contributed by atoms with van der Waals surface area (Å²) in [7, 11) is 0. The number of hydrogen-bond acceptors (Lipinski definition) is 1. The molecule has 2 aromatic rings. The normalized spacial score (nSPS) is 10.5. The van der Waals surface area contributed by atoms with E-state index in [9.17, 15) is 9.18 Å². The Kier molecular flexibility index (Phi) is 2.67. The number of halogens is 1. The molecule has 0 radical (unpaired) electrons. The van der Waals surface area contributed by atoms with Gasteiger partial charge in [0.2, 0.25) is 0 Å². The number of hydrogen-bond donors (Lipinski definition) is 1. The van der Waals surface area contributed by atoms with E-state index >= 15 is 0 Å². The predicted molar refractivity (Wildman–Crippen MR) is 56.7 cm³/mol. The molecule has 0 atom stereocenters. The van der Waals surface area contributed by atoms with Crippen LogP contribution in [0.5, 0.6) is 0 Å². The van der Waals surface area contributed by atoms with E-state index in [4.69, 9.17) is 0 Å². The summed E-state index contributed by atoms with van der Waals surface area (Å²) in [5, 5.41) is 3.47. The molecule has 1 aromatic carbocycles. The second-order valence-corrected chi connectivity index (χ2v) is 3.17. The van der Waals surface area contributed by atoms with Crippen LogP contribution < -0.4 is 5.32 Å². The van der Waals surface area contributed by atoms with E-state index in [2.05, 4.69) is 5.32 Å². The SMILES string of the molecule is O=C(NCCF)n1ccc2ccccc21. The van der Waals surface area contributed by atoms with Gasteiger partial charge in [-0.1, -0.05) is 18.2 Å². The molecular weight excluding hydrogens is 195 g/mol. The van der Waals surface area contributed by atoms with Crippen LogP contribution in [-0.2, 0) is 0 Å². The van der Waals surface area contributed by atoms with Gasteiger partial charge >= 0.3 is 6.03 Å². The molecule has 0 aliphatic rings. The summed E-state index contributed by atoms with van der Waals surface area (Å²) in [5.74, 6) is 0. The summed E-state index contributed by atoms with van der Waals surface area (Å²) in [5.41, 5.74) is 0.828. The summed E-state index contributed by atoms with van der Waals surface area (Å²) >= 11 is 0. The molecule has 1 heterocycles. The van der Waals surface area contributed by atoms with Crippen LogP contribution in [0.4, 0.5) is 9.18 Å². The monoisotopic (exact) mass is 206 g/mol. The number of rotatable bonds is 2. The number of carbonyl (C=O) groups is 1. The fraction of sp³-hybridized carbons (Fsp3) is 0.182. The average Bonchev–Trinajstić information content (AvgIpc) is 2.69. The molecule has 0 spiro atoms. The van der Waals surface area contributed by atoms with Gasteiger partial charge in [-0.05, 0) is 12.1 Å². The lowest BCUT2D eigenvalue weighted by Crippen LogP contribution is -2.29. The lowest BCUT2D eigenvalue weighted by molar-refractivity contribution is 0.242. The van der Waals surface area contributed by atoms with Gasteiger partial charge in [-0.15, -0.1) is 0 Å². The van der Waals surface area contributed by atoms with Gasteiger partial charge in [-0.25, -0.2) is 9.18 Å². The summed E-state index contributed by atoms with van der Waals surface area (Å²) < 4.78 is 13.4. The zero-order chi connectivity index (χ0) is 10.7. The Morgan fingerprint density at radius 3 is 2.93 bits per heavy atom. The topological polar surface area (TPSA) is 34.0 Å². The standard InChI is InChI=1S/C11H11FN2O/c12-6-7-13-11(15)14-8-5-9-3-1-2-4-10(9)14/h1-5,8H,6-7H2,(H,13,15). The molecule has 1 N–H and O–H groups in total. The fourth-order valence-electron chi connectivity index (χ4n) is 1.50. The van der Waals surface area contributed by atoms with Crippen molar-refractivity contribution in [3.63, 3.8) is 0 Å². The van der Waals surface area contributed by atoms with Crippen molar-refractivity contribution in [1.82, 2.24) is 9.88 Å². The van der Waals surface area contributed by atoms with Gasteiger partial charge in [0.1, 0.15) is 6.67 Å². The van der Waals surface area contributed by atoms with Crippen molar-refractivity contribution in [3.8, 4) is 0 Å². The molecule has 2 rings (SSSR count). The number of nitrogens with one attached hydrogen (secondary N) is 1. The Bertz CT molecular complexity index is 478. The highest BCUT2D eigenvalue weighted by atomic mass is 19.1. The van der Waals surface area contributed by atoms with Gasteiger partial charge < -0.3 is 5.32 Å². The predicted octanol–water partition coefficient (Wildman–Crippen LogP) is 2.17. The Balaban J connectivity index is 2.31. The maximum atomic E-state index is 11.9. The second kappa shape index (κ2) is 4.13. The first-order valence-electron chi connectivity index (χ1n) is 4.73. The van der Waals surface area contributed by atoms with Crippen molar-refractivity contribution >= 4 is 16.9 Å². The number of benzene rings is 1. The van der Waals surface area contributed by atoms with E-state index in [1.807, 2.05) is 30.3 Å². The van der Waals surface area contributed by atoms with Crippen LogP contribution in [0.15, 0.2) is 36.5 Å². The summed E-state index contributed by atoms with van der Waals surface area (Å²) in [6.07, 6.45) is 1.68. The van der Waals surface area contributed by atoms with Gasteiger partial charge in [0.05, 0.1) is 5.52 Å². The van der Waals surface area contributed by atoms with E-state index in [0.29, 0.717) is 0 Å².